The van der Waals surface area contributed by atoms with Gasteiger partial charge in [0.1, 0.15) is 73.0 Å². The van der Waals surface area contributed by atoms with Crippen LogP contribution in [0.2, 0.25) is 5.02 Å². The van der Waals surface area contributed by atoms with Gasteiger partial charge in [0, 0.05) is 11.9 Å². The van der Waals surface area contributed by atoms with E-state index in [9.17, 15) is 57.6 Å². The monoisotopic (exact) mass is 1130 g/mol. The summed E-state index contributed by atoms with van der Waals surface area (Å²) in [7, 11) is -10.8. The second kappa shape index (κ2) is 24.1. The molecule has 0 saturated carbocycles. The molecule has 29 nitrogen and oxygen atoms in total. The summed E-state index contributed by atoms with van der Waals surface area (Å²) < 4.78 is 84.2. The first kappa shape index (κ1) is 56.2. The molecule has 3 aromatic heterocycles. The van der Waals surface area contributed by atoms with Crippen molar-refractivity contribution >= 4 is 73.7 Å². The van der Waals surface area contributed by atoms with Crippen LogP contribution < -0.4 is 32.5 Å². The number of hydrogen-bond donors (Lipinski definition) is 9. The number of benzene rings is 3. The Morgan fingerprint density at radius 3 is 2.21 bits per heavy atom. The van der Waals surface area contributed by atoms with E-state index in [1.807, 2.05) is 0 Å². The molecule has 2 fully saturated rings. The van der Waals surface area contributed by atoms with Crippen molar-refractivity contribution < 1.29 is 90.1 Å². The van der Waals surface area contributed by atoms with E-state index in [1.54, 1.807) is 36.4 Å². The number of amides is 2. The van der Waals surface area contributed by atoms with Gasteiger partial charge in [-0.2, -0.15) is 4.98 Å². The molecule has 77 heavy (non-hydrogen) atoms. The number of alkyl carbamates (subject to hydrolysis) is 1. The number of nitrogens with two attached hydrogens (primary N) is 2. The smallest absolute Gasteiger partial charge is 0.472 e. The van der Waals surface area contributed by atoms with Crippen LogP contribution in [0.15, 0.2) is 103 Å². The number of nitrogens with zero attached hydrogens (tertiary/aromatic N) is 6. The van der Waals surface area contributed by atoms with Gasteiger partial charge in [-0.15, -0.1) is 0 Å². The molecule has 3 aromatic carbocycles. The van der Waals surface area contributed by atoms with Gasteiger partial charge in [0.15, 0.2) is 36.1 Å². The molecule has 6 aromatic rings. The molecule has 5 heterocycles. The molecule has 2 amide bonds. The highest BCUT2D eigenvalue weighted by molar-refractivity contribution is 7.47. The topological polar surface area (TPSA) is 415 Å². The Bertz CT molecular complexity index is 3250. The average molecular weight is 1140 g/mol. The lowest BCUT2D eigenvalue weighted by Gasteiger charge is -2.26. The first-order valence-electron chi connectivity index (χ1n) is 22.6. The number of fused-ring (bicyclic) bond motifs is 1. The van der Waals surface area contributed by atoms with Crippen LogP contribution >= 0.6 is 27.2 Å². The lowest BCUT2D eigenvalue weighted by Crippen LogP contribution is -2.49. The maximum Gasteiger partial charge on any atom is 0.472 e. The Labute approximate surface area is 437 Å². The van der Waals surface area contributed by atoms with Crippen LogP contribution in [0, 0.1) is 5.82 Å². The van der Waals surface area contributed by atoms with Gasteiger partial charge in [-0.25, -0.2) is 42.9 Å². The molecule has 410 valence electrons. The van der Waals surface area contributed by atoms with Crippen molar-refractivity contribution in [2.45, 2.75) is 68.1 Å². The lowest BCUT2D eigenvalue weighted by molar-refractivity contribution is -0.159. The van der Waals surface area contributed by atoms with Crippen molar-refractivity contribution in [2.75, 3.05) is 36.6 Å². The molecule has 2 unspecified atom stereocenters. The molecular weight excluding hydrogens is 1090 g/mol. The Hall–Kier alpha value is -7.02. The maximum atomic E-state index is 14.2. The molecule has 2 aliphatic heterocycles. The van der Waals surface area contributed by atoms with Crippen LogP contribution in [0.1, 0.15) is 23.6 Å². The molecule has 2 aliphatic rings. The second-order valence-electron chi connectivity index (χ2n) is 16.8. The highest BCUT2D eigenvalue weighted by Crippen LogP contribution is 2.50. The third kappa shape index (κ3) is 14.3. The summed E-state index contributed by atoms with van der Waals surface area (Å²) in [6.45, 7) is -3.16. The van der Waals surface area contributed by atoms with Gasteiger partial charge in [-0.3, -0.25) is 27.5 Å². The normalized spacial score (nSPS) is 22.5. The quantitative estimate of drug-likeness (QED) is 0.0365. The molecular formula is C44H46ClFN10O19P2. The molecule has 8 rings (SSSR count). The van der Waals surface area contributed by atoms with Gasteiger partial charge in [0.25, 0.3) is 0 Å². The molecule has 0 bridgehead atoms. The van der Waals surface area contributed by atoms with Crippen LogP contribution in [0.3, 0.4) is 0 Å². The van der Waals surface area contributed by atoms with Gasteiger partial charge in [0.05, 0.1) is 31.0 Å². The number of nitrogens with one attached hydrogen (secondary N) is 2. The number of esters is 1. The van der Waals surface area contributed by atoms with Crippen molar-refractivity contribution in [2.24, 2.45) is 0 Å². The molecule has 0 radical (unpaired) electrons. The minimum absolute atomic E-state index is 0.0183. The number of ether oxygens (including phenoxy) is 5. The predicted octanol–water partition coefficient (Wildman–Crippen LogP) is 1.64. The highest BCUT2D eigenvalue weighted by atomic mass is 35.5. The number of rotatable bonds is 21. The molecule has 10 atom stereocenters. The minimum Gasteiger partial charge on any atom is -0.489 e. The lowest BCUT2D eigenvalue weighted by atomic mass is 10.1. The summed E-state index contributed by atoms with van der Waals surface area (Å²) in [4.78, 5) is 98.4. The summed E-state index contributed by atoms with van der Waals surface area (Å²) in [5.41, 5.74) is 12.0. The third-order valence-corrected chi connectivity index (χ3v) is 13.2. The largest absolute Gasteiger partial charge is 0.489 e. The van der Waals surface area contributed by atoms with Crippen molar-refractivity contribution in [3.05, 3.63) is 130 Å². The van der Waals surface area contributed by atoms with Crippen LogP contribution in [0.4, 0.5) is 26.5 Å². The van der Waals surface area contributed by atoms with E-state index in [4.69, 9.17) is 55.8 Å². The summed E-state index contributed by atoms with van der Waals surface area (Å²) in [6, 6.07) is 17.2. The SMILES string of the molecule is Nc1ccn(C2O[C@H](COP(=O)(O)O)[C@@H](OP(=O)(O)OC[C@H]3O[C@@H](n4cnc5c(N)ncnc54)[C@H](O)[C@@H]3OC(=O)[C@H](COc3ccccc3Cl)NC(=O)OCc3ccc(NC(=O)Cc4ccc(F)cc4)cc3)[C@H]2O)c(=O)n1. The number of nitrogen functional groups attached to an aromatic ring is 2. The molecule has 33 heteroatoms. The fourth-order valence-electron chi connectivity index (χ4n) is 7.77. The minimum atomic E-state index is -5.53. The molecule has 11 N–H and O–H groups in total. The van der Waals surface area contributed by atoms with E-state index < -0.39 is 114 Å². The van der Waals surface area contributed by atoms with Gasteiger partial charge in [-0.05, 0) is 53.6 Å². The van der Waals surface area contributed by atoms with E-state index >= 15 is 0 Å². The van der Waals surface area contributed by atoms with Gasteiger partial charge >= 0.3 is 33.4 Å². The van der Waals surface area contributed by atoms with Crippen LogP contribution in [0.25, 0.3) is 11.2 Å². The van der Waals surface area contributed by atoms with E-state index in [0.717, 1.165) is 24.9 Å². The van der Waals surface area contributed by atoms with E-state index in [0.29, 0.717) is 21.4 Å². The van der Waals surface area contributed by atoms with Gasteiger partial charge in [-0.1, -0.05) is 48.0 Å². The van der Waals surface area contributed by atoms with Gasteiger partial charge in [0.2, 0.25) is 5.91 Å². The van der Waals surface area contributed by atoms with E-state index in [-0.39, 0.29) is 52.5 Å². The number of carbonyl (C=O) groups is 3. The first-order valence-corrected chi connectivity index (χ1v) is 26.0. The van der Waals surface area contributed by atoms with Crippen molar-refractivity contribution in [1.29, 1.82) is 0 Å². The number of carbonyl (C=O) groups excluding carboxylic acids is 3. The number of phosphoric acid groups is 2. The Balaban J connectivity index is 0.985. The number of para-hydroxylation sites is 1. The van der Waals surface area contributed by atoms with Crippen molar-refractivity contribution in [1.82, 2.24) is 34.4 Å². The Morgan fingerprint density at radius 2 is 1.51 bits per heavy atom. The Morgan fingerprint density at radius 1 is 0.844 bits per heavy atom. The highest BCUT2D eigenvalue weighted by Gasteiger charge is 2.52. The summed E-state index contributed by atoms with van der Waals surface area (Å²) in [5, 5.41) is 28.3. The van der Waals surface area contributed by atoms with Crippen molar-refractivity contribution in [3.63, 3.8) is 0 Å². The number of aliphatic hydroxyl groups is 2. The van der Waals surface area contributed by atoms with Crippen LogP contribution in [-0.4, -0.2) is 134 Å². The zero-order valence-electron chi connectivity index (χ0n) is 39.4. The number of hydrogen-bond acceptors (Lipinski definition) is 22. The third-order valence-electron chi connectivity index (χ3n) is 11.4. The maximum absolute atomic E-state index is 14.2. The molecule has 2 saturated heterocycles. The van der Waals surface area contributed by atoms with E-state index in [2.05, 4.69) is 35.1 Å². The number of aliphatic hydroxyl groups excluding tert-OH is 2. The fraction of sp³-hybridized carbons (Fsp3) is 0.318. The first-order chi connectivity index (χ1) is 36.6. The summed E-state index contributed by atoms with van der Waals surface area (Å²) in [5.74, 6) is -2.31. The number of phosphoric ester groups is 2. The van der Waals surface area contributed by atoms with Gasteiger partial charge < -0.3 is 70.7 Å². The second-order valence-corrected chi connectivity index (χ2v) is 19.9. The number of aromatic nitrogens is 6. The number of imidazole rings is 1. The summed E-state index contributed by atoms with van der Waals surface area (Å²) in [6.07, 6.45) is -12.6. The van der Waals surface area contributed by atoms with Crippen LogP contribution in [-0.2, 0) is 64.3 Å². The molecule has 0 aliphatic carbocycles. The standard InChI is InChI=1S/C44H46ClFN10O19P2/c45-26-3-1-2-4-28(26)68-17-27(53-44(62)69-16-23-7-11-25(12-8-23)52-32(57)15-22-5-9-24(46)10-6-22)42(60)74-36-29(72-41(34(36)58)56-21-51-33-38(48)49-20-50-39(33)56)19-71-77(66,67)75-37-30(18-70-76(63,64)65)73-40(35(37)59)55-14-13-31(47)54-43(55)61/h1-14,20-21,27,29-30,34-37,40-41,58-59H,15-19H2,(H,52,57)(H,53,62)(H,66,67)(H2,47,54,61)(H2,48,49,50)(H2,63,64,65)/t27-,29+,30+,34+,35+,36+,37+,40?,41+/m0/s1. The molecule has 0 spiro atoms. The van der Waals surface area contributed by atoms with E-state index in [1.165, 1.54) is 41.0 Å². The predicted molar refractivity (Wildman–Crippen MR) is 260 cm³/mol. The zero-order chi connectivity index (χ0) is 55.2. The number of anilines is 3. The summed E-state index contributed by atoms with van der Waals surface area (Å²) >= 11 is 6.30. The Kier molecular flexibility index (Phi) is 17.6. The number of halogens is 2. The zero-order valence-corrected chi connectivity index (χ0v) is 42.0. The van der Waals surface area contributed by atoms with Crippen LogP contribution in [0.5, 0.6) is 5.75 Å². The average Bonchev–Trinajstić information content (AvgIpc) is 4.15. The fourth-order valence-corrected chi connectivity index (χ4v) is 9.27. The van der Waals surface area contributed by atoms with Crippen molar-refractivity contribution in [3.8, 4) is 5.75 Å².